The molecule has 1 rings (SSSR count). The van der Waals surface area contributed by atoms with Crippen LogP contribution in [0.3, 0.4) is 0 Å². The minimum absolute atomic E-state index is 0.382. The Morgan fingerprint density at radius 2 is 2.17 bits per heavy atom. The average molecular weight is 191 g/mol. The molecule has 1 saturated heterocycles. The smallest absolute Gasteiger partial charge is 0.150 e. The van der Waals surface area contributed by atoms with Gasteiger partial charge in [-0.25, -0.2) is 8.42 Å². The molecule has 2 N–H and O–H groups in total. The van der Waals surface area contributed by atoms with Crippen molar-refractivity contribution in [2.24, 2.45) is 11.7 Å². The fourth-order valence-corrected chi connectivity index (χ4v) is 3.58. The maximum Gasteiger partial charge on any atom is 0.150 e. The summed E-state index contributed by atoms with van der Waals surface area (Å²) in [4.78, 5) is 0. The van der Waals surface area contributed by atoms with Gasteiger partial charge in [0.1, 0.15) is 0 Å². The van der Waals surface area contributed by atoms with Crippen LogP contribution in [0.2, 0.25) is 0 Å². The highest BCUT2D eigenvalue weighted by molar-refractivity contribution is 7.91. The zero-order valence-electron chi connectivity index (χ0n) is 7.33. The number of nitrogens with two attached hydrogens (primary N) is 1. The van der Waals surface area contributed by atoms with Crippen LogP contribution in [0.25, 0.3) is 0 Å². The molecule has 0 aliphatic carbocycles. The molecule has 0 bridgehead atoms. The molecule has 0 aromatic rings. The average Bonchev–Trinajstić information content (AvgIpc) is 1.99. The lowest BCUT2D eigenvalue weighted by atomic mass is 10.00. The van der Waals surface area contributed by atoms with Crippen molar-refractivity contribution in [2.75, 3.05) is 18.1 Å². The summed E-state index contributed by atoms with van der Waals surface area (Å²) >= 11 is 0. The van der Waals surface area contributed by atoms with E-state index in [0.717, 1.165) is 25.7 Å². The summed E-state index contributed by atoms with van der Waals surface area (Å²) in [5, 5.41) is 0. The van der Waals surface area contributed by atoms with Crippen LogP contribution in [0.1, 0.15) is 25.7 Å². The van der Waals surface area contributed by atoms with E-state index >= 15 is 0 Å². The van der Waals surface area contributed by atoms with Gasteiger partial charge in [0.15, 0.2) is 9.84 Å². The third-order valence-electron chi connectivity index (χ3n) is 2.37. The van der Waals surface area contributed by atoms with Crippen molar-refractivity contribution in [3.63, 3.8) is 0 Å². The van der Waals surface area contributed by atoms with Crippen molar-refractivity contribution in [3.05, 3.63) is 0 Å². The molecule has 0 aromatic heterocycles. The Balaban J connectivity index is 2.36. The summed E-state index contributed by atoms with van der Waals surface area (Å²) in [6, 6.07) is 0. The van der Waals surface area contributed by atoms with Gasteiger partial charge in [-0.1, -0.05) is 0 Å². The number of hydrogen-bond acceptors (Lipinski definition) is 3. The first-order valence-electron chi connectivity index (χ1n) is 4.54. The second-order valence-corrected chi connectivity index (χ2v) is 5.78. The summed E-state index contributed by atoms with van der Waals surface area (Å²) in [7, 11) is -2.70. The van der Waals surface area contributed by atoms with E-state index in [2.05, 4.69) is 0 Å². The summed E-state index contributed by atoms with van der Waals surface area (Å²) < 4.78 is 22.4. The van der Waals surface area contributed by atoms with Gasteiger partial charge in [0.05, 0.1) is 11.5 Å². The van der Waals surface area contributed by atoms with Gasteiger partial charge in [0, 0.05) is 0 Å². The molecule has 0 spiro atoms. The predicted octanol–water partition coefficient (Wildman–Crippen LogP) is 0.550. The first kappa shape index (κ1) is 9.99. The Morgan fingerprint density at radius 3 is 2.75 bits per heavy atom. The van der Waals surface area contributed by atoms with E-state index in [-0.39, 0.29) is 0 Å². The van der Waals surface area contributed by atoms with Crippen molar-refractivity contribution in [1.82, 2.24) is 0 Å². The molecule has 1 heterocycles. The molecule has 0 aromatic carbocycles. The lowest BCUT2D eigenvalue weighted by molar-refractivity contribution is 0.448. The maximum absolute atomic E-state index is 11.2. The molecule has 72 valence electrons. The molecule has 1 atom stereocenters. The van der Waals surface area contributed by atoms with Crippen LogP contribution >= 0.6 is 0 Å². The van der Waals surface area contributed by atoms with Crippen LogP contribution in [0.5, 0.6) is 0 Å². The fourth-order valence-electron chi connectivity index (χ4n) is 1.75. The first-order valence-corrected chi connectivity index (χ1v) is 6.37. The Kier molecular flexibility index (Phi) is 3.53. The zero-order chi connectivity index (χ0) is 9.03. The molecule has 3 nitrogen and oxygen atoms in total. The summed E-state index contributed by atoms with van der Waals surface area (Å²) in [5.74, 6) is 1.17. The van der Waals surface area contributed by atoms with Crippen molar-refractivity contribution >= 4 is 9.84 Å². The molecule has 0 saturated carbocycles. The van der Waals surface area contributed by atoms with Crippen molar-refractivity contribution < 1.29 is 8.42 Å². The van der Waals surface area contributed by atoms with Crippen LogP contribution in [0.4, 0.5) is 0 Å². The van der Waals surface area contributed by atoms with Crippen molar-refractivity contribution in [2.45, 2.75) is 25.7 Å². The van der Waals surface area contributed by atoms with E-state index in [4.69, 9.17) is 5.73 Å². The van der Waals surface area contributed by atoms with Gasteiger partial charge in [-0.3, -0.25) is 0 Å². The van der Waals surface area contributed by atoms with Crippen LogP contribution in [-0.4, -0.2) is 26.5 Å². The van der Waals surface area contributed by atoms with Crippen LogP contribution in [0.15, 0.2) is 0 Å². The fraction of sp³-hybridized carbons (Fsp3) is 1.00. The molecule has 1 aliphatic rings. The zero-order valence-corrected chi connectivity index (χ0v) is 8.15. The van der Waals surface area contributed by atoms with Gasteiger partial charge in [-0.2, -0.15) is 0 Å². The molecular weight excluding hydrogens is 174 g/mol. The van der Waals surface area contributed by atoms with Crippen molar-refractivity contribution in [1.29, 1.82) is 0 Å². The van der Waals surface area contributed by atoms with Crippen molar-refractivity contribution in [3.8, 4) is 0 Å². The highest BCUT2D eigenvalue weighted by Crippen LogP contribution is 2.21. The molecule has 12 heavy (non-hydrogen) atoms. The lowest BCUT2D eigenvalue weighted by Gasteiger charge is -2.21. The van der Waals surface area contributed by atoms with Gasteiger partial charge in [0.2, 0.25) is 0 Å². The molecule has 4 heteroatoms. The standard InChI is InChI=1S/C8H17NO2S/c9-5-1-3-8-4-2-6-12(10,11)7-8/h8H,1-7,9H2. The number of rotatable bonds is 3. The van der Waals surface area contributed by atoms with Gasteiger partial charge in [-0.15, -0.1) is 0 Å². The number of hydrogen-bond donors (Lipinski definition) is 1. The second-order valence-electron chi connectivity index (χ2n) is 3.55. The topological polar surface area (TPSA) is 60.2 Å². The van der Waals surface area contributed by atoms with E-state index < -0.39 is 9.84 Å². The van der Waals surface area contributed by atoms with Gasteiger partial charge < -0.3 is 5.73 Å². The summed E-state index contributed by atoms with van der Waals surface area (Å²) in [5.41, 5.74) is 5.36. The molecular formula is C8H17NO2S. The Bertz CT molecular complexity index is 223. The highest BCUT2D eigenvalue weighted by Gasteiger charge is 2.23. The van der Waals surface area contributed by atoms with E-state index in [9.17, 15) is 8.42 Å². The third kappa shape index (κ3) is 3.11. The number of sulfone groups is 1. The predicted molar refractivity (Wildman–Crippen MR) is 49.7 cm³/mol. The quantitative estimate of drug-likeness (QED) is 0.708. The Labute approximate surface area is 74.3 Å². The molecule has 1 aliphatic heterocycles. The van der Waals surface area contributed by atoms with E-state index in [1.807, 2.05) is 0 Å². The van der Waals surface area contributed by atoms with Gasteiger partial charge in [0.25, 0.3) is 0 Å². The minimum atomic E-state index is -2.70. The SMILES string of the molecule is NCCCC1CCCS(=O)(=O)C1. The largest absolute Gasteiger partial charge is 0.330 e. The highest BCUT2D eigenvalue weighted by atomic mass is 32.2. The molecule has 0 amide bonds. The minimum Gasteiger partial charge on any atom is -0.330 e. The van der Waals surface area contributed by atoms with Crippen LogP contribution in [0, 0.1) is 5.92 Å². The summed E-state index contributed by atoms with van der Waals surface area (Å²) in [6.07, 6.45) is 3.85. The Hall–Kier alpha value is -0.0900. The first-order chi connectivity index (χ1) is 5.64. The van der Waals surface area contributed by atoms with E-state index in [1.54, 1.807) is 0 Å². The molecule has 1 fully saturated rings. The normalized spacial score (nSPS) is 28.6. The third-order valence-corrected chi connectivity index (χ3v) is 4.26. The Morgan fingerprint density at radius 1 is 1.42 bits per heavy atom. The molecule has 0 radical (unpaired) electrons. The van der Waals surface area contributed by atoms with Crippen LogP contribution in [-0.2, 0) is 9.84 Å². The lowest BCUT2D eigenvalue weighted by Crippen LogP contribution is -2.25. The van der Waals surface area contributed by atoms with E-state index in [0.29, 0.717) is 24.0 Å². The second kappa shape index (κ2) is 4.23. The molecule has 1 unspecified atom stereocenters. The maximum atomic E-state index is 11.2. The van der Waals surface area contributed by atoms with E-state index in [1.165, 1.54) is 0 Å². The van der Waals surface area contributed by atoms with Crippen LogP contribution < -0.4 is 5.73 Å². The summed E-state index contributed by atoms with van der Waals surface area (Å²) in [6.45, 7) is 0.677. The van der Waals surface area contributed by atoms with Gasteiger partial charge >= 0.3 is 0 Å². The van der Waals surface area contributed by atoms with Gasteiger partial charge in [-0.05, 0) is 38.1 Å². The monoisotopic (exact) mass is 191 g/mol.